The molecule has 9 aromatic carbocycles. The quantitative estimate of drug-likeness (QED) is 0.164. The standard InChI is InChI=1S/C73H70BN3O/c1-69(2,3)43-23-30-47(31-24-43)75(48-32-25-44(26-33-48)70(4,5)6)50-36-38-60-55(40-50)63-64-52-20-16-18-22-62(52)78-68(64)65-54-39-46(72(10,11)12)29-37-59(54)76-61-41-53-51-19-15-17-21-56(51)73(13,14)57(53)42-58(61)74(66(63)67(65)76)77(60)49-34-27-45(28-35-49)71(7,8)9/h15-42H,1-14H3. The van der Waals surface area contributed by atoms with Gasteiger partial charge >= 0.3 is 6.85 Å². The van der Waals surface area contributed by atoms with Gasteiger partial charge in [-0.15, -0.1) is 0 Å². The van der Waals surface area contributed by atoms with Gasteiger partial charge in [0.05, 0.1) is 16.4 Å². The Balaban J connectivity index is 1.15. The van der Waals surface area contributed by atoms with Crippen molar-refractivity contribution in [2.75, 3.05) is 9.71 Å². The third-order valence-electron chi connectivity index (χ3n) is 18.0. The Labute approximate surface area is 461 Å². The van der Waals surface area contributed by atoms with E-state index in [1.807, 2.05) is 0 Å². The molecule has 0 radical (unpaired) electrons. The van der Waals surface area contributed by atoms with Gasteiger partial charge in [0.25, 0.3) is 0 Å². The first-order valence-corrected chi connectivity index (χ1v) is 28.3. The molecule has 0 N–H and O–H groups in total. The minimum atomic E-state index is -0.204. The third kappa shape index (κ3) is 6.98. The maximum atomic E-state index is 7.40. The minimum Gasteiger partial charge on any atom is -0.455 e. The van der Waals surface area contributed by atoms with Gasteiger partial charge in [0.1, 0.15) is 11.2 Å². The first-order valence-electron chi connectivity index (χ1n) is 28.3. The first-order chi connectivity index (χ1) is 37.0. The van der Waals surface area contributed by atoms with Crippen molar-refractivity contribution in [2.24, 2.45) is 0 Å². The lowest BCUT2D eigenvalue weighted by molar-refractivity contribution is 0.590. The molecule has 0 saturated carbocycles. The lowest BCUT2D eigenvalue weighted by atomic mass is 9.43. The average Bonchev–Trinajstić information content (AvgIpc) is 4.23. The van der Waals surface area contributed by atoms with E-state index in [4.69, 9.17) is 4.42 Å². The van der Waals surface area contributed by atoms with Gasteiger partial charge in [0, 0.05) is 61.3 Å². The molecule has 14 rings (SSSR count). The predicted octanol–water partition coefficient (Wildman–Crippen LogP) is 18.9. The summed E-state index contributed by atoms with van der Waals surface area (Å²) in [5.74, 6) is 0. The van der Waals surface area contributed by atoms with Crippen molar-refractivity contribution in [2.45, 2.75) is 124 Å². The molecule has 0 atom stereocenters. The van der Waals surface area contributed by atoms with Crippen molar-refractivity contribution in [3.8, 4) is 27.9 Å². The third-order valence-corrected chi connectivity index (χ3v) is 18.0. The Bertz CT molecular complexity index is 4250. The molecule has 0 bridgehead atoms. The molecule has 2 aliphatic heterocycles. The molecule has 3 aliphatic rings. The molecule has 4 nitrogen and oxygen atoms in total. The molecule has 386 valence electrons. The summed E-state index contributed by atoms with van der Waals surface area (Å²) in [6.45, 7) is 32.3. The number of furan rings is 1. The van der Waals surface area contributed by atoms with Gasteiger partial charge < -0.3 is 18.7 Å². The Hall–Kier alpha value is -7.76. The van der Waals surface area contributed by atoms with Crippen LogP contribution >= 0.6 is 0 Å². The lowest BCUT2D eigenvalue weighted by Crippen LogP contribution is -2.60. The van der Waals surface area contributed by atoms with Gasteiger partial charge in [-0.1, -0.05) is 188 Å². The van der Waals surface area contributed by atoms with E-state index in [1.54, 1.807) is 0 Å². The fourth-order valence-corrected chi connectivity index (χ4v) is 13.6. The number of anilines is 5. The maximum Gasteiger partial charge on any atom is 0.333 e. The van der Waals surface area contributed by atoms with Crippen LogP contribution in [0.1, 0.15) is 130 Å². The molecular formula is C73H70BN3O. The van der Waals surface area contributed by atoms with Crippen molar-refractivity contribution in [3.05, 3.63) is 203 Å². The second kappa shape index (κ2) is 16.2. The highest BCUT2D eigenvalue weighted by Crippen LogP contribution is 2.55. The summed E-state index contributed by atoms with van der Waals surface area (Å²) in [5, 5.41) is 4.71. The van der Waals surface area contributed by atoms with E-state index in [1.165, 1.54) is 111 Å². The average molecular weight is 1020 g/mol. The van der Waals surface area contributed by atoms with Crippen LogP contribution in [0.25, 0.3) is 71.7 Å². The van der Waals surface area contributed by atoms with Crippen molar-refractivity contribution < 1.29 is 4.42 Å². The van der Waals surface area contributed by atoms with E-state index >= 15 is 0 Å². The first kappa shape index (κ1) is 48.6. The predicted molar refractivity (Wildman–Crippen MR) is 334 cm³/mol. The molecule has 4 heterocycles. The second-order valence-electron chi connectivity index (χ2n) is 27.5. The zero-order chi connectivity index (χ0) is 54.3. The number of hydrogen-bond donors (Lipinski definition) is 0. The second-order valence-corrected chi connectivity index (χ2v) is 27.5. The summed E-state index contributed by atoms with van der Waals surface area (Å²) >= 11 is 0. The number of para-hydroxylation sites is 1. The van der Waals surface area contributed by atoms with Crippen molar-refractivity contribution >= 4 is 90.0 Å². The Kier molecular flexibility index (Phi) is 10.1. The van der Waals surface area contributed by atoms with Crippen LogP contribution in [0, 0.1) is 0 Å². The van der Waals surface area contributed by atoms with Gasteiger partial charge in [0.2, 0.25) is 0 Å². The number of nitrogens with zero attached hydrogens (tertiary/aromatic N) is 3. The SMILES string of the molecule is CC(C)(C)c1ccc(N2B3c4cc5c(cc4-n4c6ccc(C(C)(C)C)cc6c6c7oc8ccccc8c7c(c3c64)-c3cc(N(c4ccc(C(C)(C)C)cc4)c4ccc(C(C)(C)C)cc4)ccc32)-c2ccccc2C5(C)C)cc1. The van der Waals surface area contributed by atoms with E-state index in [0.29, 0.717) is 0 Å². The number of aromatic nitrogens is 1. The zero-order valence-electron chi connectivity index (χ0n) is 48.0. The molecule has 0 saturated heterocycles. The largest absolute Gasteiger partial charge is 0.455 e. The van der Waals surface area contributed by atoms with Crippen LogP contribution in [0.4, 0.5) is 28.4 Å². The van der Waals surface area contributed by atoms with Crippen LogP contribution in [0.3, 0.4) is 0 Å². The van der Waals surface area contributed by atoms with Crippen molar-refractivity contribution in [1.29, 1.82) is 0 Å². The van der Waals surface area contributed by atoms with Gasteiger partial charge in [0.15, 0.2) is 0 Å². The highest BCUT2D eigenvalue weighted by molar-refractivity contribution is 6.94. The van der Waals surface area contributed by atoms with E-state index in [9.17, 15) is 0 Å². The van der Waals surface area contributed by atoms with Crippen molar-refractivity contribution in [3.63, 3.8) is 0 Å². The molecule has 0 amide bonds. The maximum absolute atomic E-state index is 7.40. The number of fused-ring (bicyclic) bond motifs is 16. The molecule has 0 fully saturated rings. The van der Waals surface area contributed by atoms with Crippen LogP contribution < -0.4 is 20.6 Å². The Morgan fingerprint density at radius 3 is 1.65 bits per heavy atom. The van der Waals surface area contributed by atoms with Gasteiger partial charge in [-0.2, -0.15) is 0 Å². The minimum absolute atomic E-state index is 0.00893. The van der Waals surface area contributed by atoms with Crippen LogP contribution in [0.15, 0.2) is 174 Å². The van der Waals surface area contributed by atoms with Crippen LogP contribution in [-0.2, 0) is 27.1 Å². The lowest BCUT2D eigenvalue weighted by Gasteiger charge is -2.43. The summed E-state index contributed by atoms with van der Waals surface area (Å²) in [7, 11) is 0. The summed E-state index contributed by atoms with van der Waals surface area (Å²) in [6.07, 6.45) is 0. The van der Waals surface area contributed by atoms with Gasteiger partial charge in [-0.25, -0.2) is 0 Å². The molecule has 5 heteroatoms. The fourth-order valence-electron chi connectivity index (χ4n) is 13.6. The number of rotatable bonds is 4. The van der Waals surface area contributed by atoms with Crippen molar-refractivity contribution in [1.82, 2.24) is 4.57 Å². The molecule has 0 spiro atoms. The van der Waals surface area contributed by atoms with Gasteiger partial charge in [-0.05, 0) is 162 Å². The zero-order valence-corrected chi connectivity index (χ0v) is 48.0. The van der Waals surface area contributed by atoms with E-state index in [-0.39, 0.29) is 33.9 Å². The number of benzene rings is 9. The topological polar surface area (TPSA) is 24.6 Å². The summed E-state index contributed by atoms with van der Waals surface area (Å²) in [6, 6.07) is 65.6. The number of hydrogen-bond acceptors (Lipinski definition) is 3. The monoisotopic (exact) mass is 1020 g/mol. The van der Waals surface area contributed by atoms with Crippen LogP contribution in [0.5, 0.6) is 0 Å². The van der Waals surface area contributed by atoms with E-state index in [2.05, 4.69) is 281 Å². The summed E-state index contributed by atoms with van der Waals surface area (Å²) in [4.78, 5) is 5.16. The molecule has 1 aliphatic carbocycles. The highest BCUT2D eigenvalue weighted by Gasteiger charge is 2.48. The van der Waals surface area contributed by atoms with Gasteiger partial charge in [-0.3, -0.25) is 0 Å². The molecule has 11 aromatic rings. The fraction of sp³-hybridized carbons (Fsp3) is 0.260. The highest BCUT2D eigenvalue weighted by atomic mass is 16.3. The Morgan fingerprint density at radius 2 is 1.03 bits per heavy atom. The normalized spacial score (nSPS) is 14.6. The molecule has 78 heavy (non-hydrogen) atoms. The molecule has 2 aromatic heterocycles. The summed E-state index contributed by atoms with van der Waals surface area (Å²) in [5.41, 5.74) is 26.6. The summed E-state index contributed by atoms with van der Waals surface area (Å²) < 4.78 is 10.0. The van der Waals surface area contributed by atoms with E-state index in [0.717, 1.165) is 33.6 Å². The van der Waals surface area contributed by atoms with Crippen LogP contribution in [-0.4, -0.2) is 11.4 Å². The Morgan fingerprint density at radius 1 is 0.462 bits per heavy atom. The molecular weight excluding hydrogens is 946 g/mol. The van der Waals surface area contributed by atoms with E-state index < -0.39 is 0 Å². The molecule has 0 unspecified atom stereocenters. The van der Waals surface area contributed by atoms with Crippen LogP contribution in [0.2, 0.25) is 0 Å². The smallest absolute Gasteiger partial charge is 0.333 e.